The summed E-state index contributed by atoms with van der Waals surface area (Å²) >= 11 is 0. The lowest BCUT2D eigenvalue weighted by molar-refractivity contribution is -0.110. The van der Waals surface area contributed by atoms with Crippen molar-refractivity contribution >= 4 is 35.7 Å². The van der Waals surface area contributed by atoms with Crippen LogP contribution in [0.5, 0.6) is 0 Å². The molecule has 1 aliphatic rings. The van der Waals surface area contributed by atoms with Crippen molar-refractivity contribution in [1.29, 1.82) is 0 Å². The second kappa shape index (κ2) is 4.50. The Bertz CT molecular complexity index is 753. The first-order valence-electron chi connectivity index (χ1n) is 6.20. The average Bonchev–Trinajstić information content (AvgIpc) is 2.97. The van der Waals surface area contributed by atoms with Gasteiger partial charge in [-0.2, -0.15) is 0 Å². The number of benzene rings is 1. The van der Waals surface area contributed by atoms with Crippen LogP contribution in [0.25, 0.3) is 11.6 Å². The molecular weight excluding hydrogens is 273 g/mol. The van der Waals surface area contributed by atoms with Crippen LogP contribution in [-0.4, -0.2) is 19.2 Å². The van der Waals surface area contributed by atoms with Gasteiger partial charge in [0.2, 0.25) is 0 Å². The van der Waals surface area contributed by atoms with Gasteiger partial charge in [0.25, 0.3) is 5.91 Å². The van der Waals surface area contributed by atoms with E-state index in [1.165, 1.54) is 0 Å². The van der Waals surface area contributed by atoms with E-state index in [0.29, 0.717) is 11.3 Å². The molecule has 1 aromatic carbocycles. The first-order chi connectivity index (χ1) is 9.45. The molecule has 0 spiro atoms. The number of rotatable bonds is 2. The molecule has 0 unspecified atom stereocenters. The molecule has 20 heavy (non-hydrogen) atoms. The number of anilines is 1. The number of hydrogen-bond acceptors (Lipinski definition) is 3. The van der Waals surface area contributed by atoms with Crippen LogP contribution in [0.15, 0.2) is 41.2 Å². The van der Waals surface area contributed by atoms with Crippen molar-refractivity contribution in [3.63, 3.8) is 0 Å². The predicted molar refractivity (Wildman–Crippen MR) is 80.7 cm³/mol. The Morgan fingerprint density at radius 1 is 1.25 bits per heavy atom. The highest BCUT2D eigenvalue weighted by Gasteiger charge is 2.25. The lowest BCUT2D eigenvalue weighted by Crippen LogP contribution is -2.05. The summed E-state index contributed by atoms with van der Waals surface area (Å²) in [5.41, 5.74) is 2.97. The number of hydrogen-bond donors (Lipinski definition) is 1. The first kappa shape index (κ1) is 12.9. The molecule has 4 nitrogen and oxygen atoms in total. The molecule has 0 fully saturated rings. The van der Waals surface area contributed by atoms with Gasteiger partial charge >= 0.3 is 0 Å². The number of fused-ring (bicyclic) bond motifs is 1. The van der Waals surface area contributed by atoms with E-state index in [2.05, 4.69) is 5.32 Å². The molecule has 0 saturated heterocycles. The topological polar surface area (TPSA) is 59.3 Å². The molecule has 0 aliphatic carbocycles. The van der Waals surface area contributed by atoms with Crippen LogP contribution >= 0.6 is 7.14 Å². The number of amides is 1. The van der Waals surface area contributed by atoms with Gasteiger partial charge in [0, 0.05) is 27.7 Å². The molecule has 0 radical (unpaired) electrons. The first-order valence-corrected chi connectivity index (χ1v) is 8.80. The smallest absolute Gasteiger partial charge is 0.256 e. The summed E-state index contributed by atoms with van der Waals surface area (Å²) in [6, 6.07) is 7.25. The van der Waals surface area contributed by atoms with Crippen LogP contribution in [0.2, 0.25) is 0 Å². The number of carbonyl (C=O) groups is 1. The fourth-order valence-electron chi connectivity index (χ4n) is 2.18. The van der Waals surface area contributed by atoms with Gasteiger partial charge in [0.1, 0.15) is 7.14 Å². The summed E-state index contributed by atoms with van der Waals surface area (Å²) in [5, 5.41) is 3.58. The van der Waals surface area contributed by atoms with Gasteiger partial charge in [-0.05, 0) is 31.5 Å². The minimum absolute atomic E-state index is 0.152. The highest BCUT2D eigenvalue weighted by Crippen LogP contribution is 2.39. The van der Waals surface area contributed by atoms with Crippen molar-refractivity contribution in [2.24, 2.45) is 0 Å². The molecule has 1 N–H and O–H groups in total. The Kier molecular flexibility index (Phi) is 2.91. The van der Waals surface area contributed by atoms with E-state index in [-0.39, 0.29) is 5.91 Å². The molecule has 3 rings (SSSR count). The van der Waals surface area contributed by atoms with Crippen molar-refractivity contribution in [1.82, 2.24) is 0 Å². The monoisotopic (exact) mass is 287 g/mol. The molecule has 1 aliphatic heterocycles. The molecular formula is C15H14NO3P. The fraction of sp³-hybridized carbons (Fsp3) is 0.133. The largest absolute Gasteiger partial charge is 0.472 e. The molecule has 102 valence electrons. The van der Waals surface area contributed by atoms with E-state index in [0.717, 1.165) is 16.4 Å². The summed E-state index contributed by atoms with van der Waals surface area (Å²) in [6.45, 7) is 3.43. The standard InChI is InChI=1S/C15H14NO3P/c1-20(2,18)11-3-4-12-13(7-10-5-6-19-9-10)15(17)16-14(12)8-11/h3-9H,1-2H3,(H,16,17). The van der Waals surface area contributed by atoms with Gasteiger partial charge in [0.15, 0.2) is 0 Å². The Labute approximate surface area is 116 Å². The van der Waals surface area contributed by atoms with Crippen molar-refractivity contribution in [3.05, 3.63) is 47.9 Å². The summed E-state index contributed by atoms with van der Waals surface area (Å²) in [5.74, 6) is -0.152. The number of furan rings is 1. The van der Waals surface area contributed by atoms with Crippen LogP contribution in [0.1, 0.15) is 11.1 Å². The lowest BCUT2D eigenvalue weighted by atomic mass is 10.1. The van der Waals surface area contributed by atoms with Crippen molar-refractivity contribution in [2.45, 2.75) is 0 Å². The highest BCUT2D eigenvalue weighted by molar-refractivity contribution is 7.70. The second-order valence-corrected chi connectivity index (χ2v) is 8.37. The zero-order valence-corrected chi connectivity index (χ0v) is 12.1. The third-order valence-corrected chi connectivity index (χ3v) is 4.78. The zero-order valence-electron chi connectivity index (χ0n) is 11.2. The van der Waals surface area contributed by atoms with Crippen molar-refractivity contribution < 1.29 is 13.8 Å². The van der Waals surface area contributed by atoms with Gasteiger partial charge in [-0.15, -0.1) is 0 Å². The van der Waals surface area contributed by atoms with Crippen LogP contribution in [-0.2, 0) is 9.36 Å². The molecule has 0 bridgehead atoms. The minimum Gasteiger partial charge on any atom is -0.472 e. The van der Waals surface area contributed by atoms with E-state index in [4.69, 9.17) is 4.42 Å². The fourth-order valence-corrected chi connectivity index (χ4v) is 3.06. The Morgan fingerprint density at radius 2 is 2.05 bits per heavy atom. The lowest BCUT2D eigenvalue weighted by Gasteiger charge is -2.08. The van der Waals surface area contributed by atoms with Crippen LogP contribution in [0.4, 0.5) is 5.69 Å². The molecule has 0 saturated carbocycles. The maximum Gasteiger partial charge on any atom is 0.256 e. The average molecular weight is 287 g/mol. The molecule has 2 heterocycles. The Balaban J connectivity index is 2.08. The predicted octanol–water partition coefficient (Wildman–Crippen LogP) is 3.02. The van der Waals surface area contributed by atoms with Gasteiger partial charge in [0.05, 0.1) is 12.5 Å². The molecule has 1 amide bonds. The van der Waals surface area contributed by atoms with Gasteiger partial charge in [-0.1, -0.05) is 12.1 Å². The molecule has 5 heteroatoms. The van der Waals surface area contributed by atoms with Crippen LogP contribution in [0, 0.1) is 0 Å². The normalized spacial score (nSPS) is 16.3. The quantitative estimate of drug-likeness (QED) is 0.682. The molecule has 0 atom stereocenters. The van der Waals surface area contributed by atoms with Gasteiger partial charge in [-0.25, -0.2) is 0 Å². The SMILES string of the molecule is CP(C)(=O)c1ccc2c(c1)NC(=O)C2=Cc1ccoc1. The highest BCUT2D eigenvalue weighted by atomic mass is 31.2. The van der Waals surface area contributed by atoms with E-state index in [9.17, 15) is 9.36 Å². The zero-order chi connectivity index (χ0) is 14.3. The third kappa shape index (κ3) is 2.23. The maximum absolute atomic E-state index is 12.1. The summed E-state index contributed by atoms with van der Waals surface area (Å²) in [6.07, 6.45) is 4.93. The summed E-state index contributed by atoms with van der Waals surface area (Å²) in [4.78, 5) is 12.0. The Hall–Kier alpha value is -2.06. The van der Waals surface area contributed by atoms with Gasteiger partial charge in [-0.3, -0.25) is 4.79 Å². The van der Waals surface area contributed by atoms with E-state index >= 15 is 0 Å². The Morgan fingerprint density at radius 3 is 2.70 bits per heavy atom. The van der Waals surface area contributed by atoms with E-state index in [1.807, 2.05) is 12.1 Å². The minimum atomic E-state index is -2.33. The van der Waals surface area contributed by atoms with Crippen LogP contribution in [0.3, 0.4) is 0 Å². The summed E-state index contributed by atoms with van der Waals surface area (Å²) < 4.78 is 17.1. The van der Waals surface area contributed by atoms with E-state index < -0.39 is 7.14 Å². The molecule has 1 aromatic heterocycles. The van der Waals surface area contributed by atoms with Crippen LogP contribution < -0.4 is 10.6 Å². The van der Waals surface area contributed by atoms with Crippen molar-refractivity contribution in [2.75, 3.05) is 18.6 Å². The van der Waals surface area contributed by atoms with Crippen molar-refractivity contribution in [3.8, 4) is 0 Å². The number of nitrogens with one attached hydrogen (secondary N) is 1. The van der Waals surface area contributed by atoms with E-state index in [1.54, 1.807) is 44.1 Å². The third-order valence-electron chi connectivity index (χ3n) is 3.26. The maximum atomic E-state index is 12.1. The number of carbonyl (C=O) groups excluding carboxylic acids is 1. The summed E-state index contributed by atoms with van der Waals surface area (Å²) in [7, 11) is -2.33. The van der Waals surface area contributed by atoms with Gasteiger partial charge < -0.3 is 14.3 Å². The second-order valence-electron chi connectivity index (χ2n) is 5.15. The molecule has 2 aromatic rings.